The molecule has 0 aromatic heterocycles. The lowest BCUT2D eigenvalue weighted by molar-refractivity contribution is -0.387. The van der Waals surface area contributed by atoms with Crippen LogP contribution in [0, 0.1) is 21.8 Å². The Balaban J connectivity index is 2.08. The summed E-state index contributed by atoms with van der Waals surface area (Å²) in [5, 5.41) is 10.7. The Bertz CT molecular complexity index is 542. The molecule has 0 aliphatic heterocycles. The fourth-order valence-corrected chi connectivity index (χ4v) is 2.85. The fourth-order valence-electron chi connectivity index (χ4n) is 2.85. The Morgan fingerprint density at radius 3 is 2.67 bits per heavy atom. The molecule has 0 N–H and O–H groups in total. The third-order valence-electron chi connectivity index (χ3n) is 3.99. The van der Waals surface area contributed by atoms with Crippen LogP contribution in [0.2, 0.25) is 0 Å². The Morgan fingerprint density at radius 1 is 1.38 bits per heavy atom. The molecular weight excluding hydrogens is 275 g/mol. The second-order valence-corrected chi connectivity index (χ2v) is 5.61. The molecule has 114 valence electrons. The number of amides is 1. The molecule has 1 fully saturated rings. The Morgan fingerprint density at radius 2 is 2.05 bits per heavy atom. The molecule has 0 heterocycles. The average Bonchev–Trinajstić information content (AvgIpc) is 2.47. The minimum absolute atomic E-state index is 0.154. The number of hydrogen-bond donors (Lipinski definition) is 0. The van der Waals surface area contributed by atoms with Gasteiger partial charge in [0.25, 0.3) is 5.91 Å². The molecule has 1 saturated carbocycles. The van der Waals surface area contributed by atoms with Gasteiger partial charge in [0.1, 0.15) is 0 Å². The number of nitro groups is 1. The monoisotopic (exact) mass is 294 g/mol. The van der Waals surface area contributed by atoms with Gasteiger partial charge in [-0.2, -0.15) is 4.39 Å². The highest BCUT2D eigenvalue weighted by Gasteiger charge is 2.22. The van der Waals surface area contributed by atoms with Crippen molar-refractivity contribution in [1.82, 2.24) is 4.90 Å². The maximum atomic E-state index is 13.3. The molecule has 21 heavy (non-hydrogen) atoms. The van der Waals surface area contributed by atoms with Crippen molar-refractivity contribution in [3.05, 3.63) is 39.7 Å². The van der Waals surface area contributed by atoms with Crippen molar-refractivity contribution in [2.45, 2.75) is 32.1 Å². The van der Waals surface area contributed by atoms with Gasteiger partial charge in [-0.25, -0.2) is 0 Å². The van der Waals surface area contributed by atoms with E-state index in [1.165, 1.54) is 25.3 Å². The molecule has 2 rings (SSSR count). The second kappa shape index (κ2) is 6.65. The van der Waals surface area contributed by atoms with E-state index in [1.807, 2.05) is 0 Å². The van der Waals surface area contributed by atoms with Crippen molar-refractivity contribution >= 4 is 11.6 Å². The lowest BCUT2D eigenvalue weighted by Crippen LogP contribution is -2.32. The standard InChI is InChI=1S/C15H19FN2O3/c1-17(10-11-5-3-2-4-6-11)15(19)12-7-8-13(16)14(9-12)18(20)21/h7-9,11H,2-6,10H2,1H3. The third kappa shape index (κ3) is 3.77. The van der Waals surface area contributed by atoms with E-state index in [1.54, 1.807) is 11.9 Å². The zero-order chi connectivity index (χ0) is 15.4. The highest BCUT2D eigenvalue weighted by Crippen LogP contribution is 2.25. The predicted octanol–water partition coefficient (Wildman–Crippen LogP) is 3.39. The smallest absolute Gasteiger partial charge is 0.305 e. The Kier molecular flexibility index (Phi) is 4.88. The van der Waals surface area contributed by atoms with E-state index in [-0.39, 0.29) is 11.5 Å². The number of nitro benzene ring substituents is 1. The summed E-state index contributed by atoms with van der Waals surface area (Å²) in [5.74, 6) is -0.738. The van der Waals surface area contributed by atoms with Gasteiger partial charge in [-0.15, -0.1) is 0 Å². The first kappa shape index (κ1) is 15.4. The summed E-state index contributed by atoms with van der Waals surface area (Å²) in [5.41, 5.74) is -0.506. The molecule has 6 heteroatoms. The van der Waals surface area contributed by atoms with Crippen LogP contribution in [0.25, 0.3) is 0 Å². The molecule has 1 aromatic rings. The van der Waals surface area contributed by atoms with Crippen LogP contribution in [0.3, 0.4) is 0 Å². The highest BCUT2D eigenvalue weighted by molar-refractivity contribution is 5.94. The molecular formula is C15H19FN2O3. The van der Waals surface area contributed by atoms with Crippen LogP contribution in [0.4, 0.5) is 10.1 Å². The molecule has 0 saturated heterocycles. The SMILES string of the molecule is CN(CC1CCCCC1)C(=O)c1ccc(F)c([N+](=O)[O-])c1. The largest absolute Gasteiger partial charge is 0.341 e. The molecule has 0 atom stereocenters. The molecule has 0 unspecified atom stereocenters. The predicted molar refractivity (Wildman–Crippen MR) is 76.6 cm³/mol. The molecule has 5 nitrogen and oxygen atoms in total. The summed E-state index contributed by atoms with van der Waals surface area (Å²) in [7, 11) is 1.69. The second-order valence-electron chi connectivity index (χ2n) is 5.61. The van der Waals surface area contributed by atoms with Gasteiger partial charge in [-0.05, 0) is 30.9 Å². The number of hydrogen-bond acceptors (Lipinski definition) is 3. The summed E-state index contributed by atoms with van der Waals surface area (Å²) in [4.78, 5) is 23.8. The van der Waals surface area contributed by atoms with Crippen LogP contribution in [-0.4, -0.2) is 29.3 Å². The van der Waals surface area contributed by atoms with E-state index in [0.717, 1.165) is 25.0 Å². The van der Waals surface area contributed by atoms with E-state index >= 15 is 0 Å². The molecule has 1 aromatic carbocycles. The number of benzene rings is 1. The van der Waals surface area contributed by atoms with Crippen LogP contribution >= 0.6 is 0 Å². The van der Waals surface area contributed by atoms with E-state index in [9.17, 15) is 19.3 Å². The first-order valence-corrected chi connectivity index (χ1v) is 7.18. The maximum absolute atomic E-state index is 13.3. The highest BCUT2D eigenvalue weighted by atomic mass is 19.1. The van der Waals surface area contributed by atoms with Gasteiger partial charge in [0.2, 0.25) is 5.82 Å². The van der Waals surface area contributed by atoms with Crippen LogP contribution < -0.4 is 0 Å². The van der Waals surface area contributed by atoms with Gasteiger partial charge >= 0.3 is 5.69 Å². The van der Waals surface area contributed by atoms with Crippen LogP contribution in [0.5, 0.6) is 0 Å². The Hall–Kier alpha value is -1.98. The summed E-state index contributed by atoms with van der Waals surface area (Å²) in [6.07, 6.45) is 5.85. The quantitative estimate of drug-likeness (QED) is 0.631. The Labute approximate surface area is 122 Å². The van der Waals surface area contributed by atoms with Gasteiger partial charge < -0.3 is 4.90 Å². The summed E-state index contributed by atoms with van der Waals surface area (Å²) in [6.45, 7) is 0.643. The molecule has 0 bridgehead atoms. The van der Waals surface area contributed by atoms with Gasteiger partial charge in [0, 0.05) is 25.2 Å². The average molecular weight is 294 g/mol. The minimum atomic E-state index is -0.925. The van der Waals surface area contributed by atoms with E-state index in [0.29, 0.717) is 12.5 Å². The van der Waals surface area contributed by atoms with E-state index in [4.69, 9.17) is 0 Å². The molecule has 1 aliphatic rings. The molecule has 0 spiro atoms. The van der Waals surface area contributed by atoms with Crippen molar-refractivity contribution in [1.29, 1.82) is 0 Å². The minimum Gasteiger partial charge on any atom is -0.341 e. The number of halogens is 1. The van der Waals surface area contributed by atoms with E-state index < -0.39 is 16.4 Å². The zero-order valence-corrected chi connectivity index (χ0v) is 12.0. The molecule has 1 amide bonds. The van der Waals surface area contributed by atoms with Crippen molar-refractivity contribution in [3.63, 3.8) is 0 Å². The van der Waals surface area contributed by atoms with Crippen LogP contribution in [0.15, 0.2) is 18.2 Å². The van der Waals surface area contributed by atoms with Crippen molar-refractivity contribution < 1.29 is 14.1 Å². The fraction of sp³-hybridized carbons (Fsp3) is 0.533. The van der Waals surface area contributed by atoms with Crippen LogP contribution in [0.1, 0.15) is 42.5 Å². The lowest BCUT2D eigenvalue weighted by atomic mass is 9.89. The summed E-state index contributed by atoms with van der Waals surface area (Å²) in [6, 6.07) is 3.27. The number of carbonyl (C=O) groups excluding carboxylic acids is 1. The van der Waals surface area contributed by atoms with Crippen molar-refractivity contribution in [2.24, 2.45) is 5.92 Å². The topological polar surface area (TPSA) is 63.5 Å². The lowest BCUT2D eigenvalue weighted by Gasteiger charge is -2.27. The maximum Gasteiger partial charge on any atom is 0.305 e. The zero-order valence-electron chi connectivity index (χ0n) is 12.0. The number of nitrogens with zero attached hydrogens (tertiary/aromatic N) is 2. The number of carbonyl (C=O) groups is 1. The normalized spacial score (nSPS) is 15.7. The number of rotatable bonds is 4. The van der Waals surface area contributed by atoms with Gasteiger partial charge in [-0.1, -0.05) is 19.3 Å². The van der Waals surface area contributed by atoms with Crippen molar-refractivity contribution in [2.75, 3.05) is 13.6 Å². The first-order valence-electron chi connectivity index (χ1n) is 7.18. The third-order valence-corrected chi connectivity index (χ3v) is 3.99. The summed E-state index contributed by atoms with van der Waals surface area (Å²) < 4.78 is 13.3. The summed E-state index contributed by atoms with van der Waals surface area (Å²) >= 11 is 0. The van der Waals surface area contributed by atoms with Gasteiger partial charge in [0.15, 0.2) is 0 Å². The van der Waals surface area contributed by atoms with E-state index in [2.05, 4.69) is 0 Å². The van der Waals surface area contributed by atoms with Crippen molar-refractivity contribution in [3.8, 4) is 0 Å². The first-order chi connectivity index (χ1) is 9.99. The van der Waals surface area contributed by atoms with Gasteiger partial charge in [-0.3, -0.25) is 14.9 Å². The molecule has 0 radical (unpaired) electrons. The van der Waals surface area contributed by atoms with Crippen LogP contribution in [-0.2, 0) is 0 Å². The van der Waals surface area contributed by atoms with Gasteiger partial charge in [0.05, 0.1) is 4.92 Å². The molecule has 1 aliphatic carbocycles.